The van der Waals surface area contributed by atoms with Gasteiger partial charge >= 0.3 is 5.97 Å². The van der Waals surface area contributed by atoms with Crippen molar-refractivity contribution in [1.29, 1.82) is 0 Å². The highest BCUT2D eigenvalue weighted by Gasteiger charge is 2.25. The first kappa shape index (κ1) is 20.0. The molecule has 0 atom stereocenters. The van der Waals surface area contributed by atoms with Gasteiger partial charge in [-0.05, 0) is 44.7 Å². The topological polar surface area (TPSA) is 75.6 Å². The molecule has 0 aliphatic heterocycles. The average Bonchev–Trinajstić information content (AvgIpc) is 2.33. The zero-order valence-electron chi connectivity index (χ0n) is 15.5. The second-order valence-electron chi connectivity index (χ2n) is 8.01. The highest BCUT2D eigenvalue weighted by molar-refractivity contribution is 5.78. The predicted molar refractivity (Wildman–Crippen MR) is 94.1 cm³/mol. The lowest BCUT2D eigenvalue weighted by molar-refractivity contribution is -0.139. The lowest BCUT2D eigenvalue weighted by Gasteiger charge is -2.24. The van der Waals surface area contributed by atoms with Crippen LogP contribution in [-0.2, 0) is 16.1 Å². The molecular weight excluding hydrogens is 306 g/mol. The number of carboxylic acids is 1. The quantitative estimate of drug-likeness (QED) is 0.797. The molecule has 0 fully saturated rings. The van der Waals surface area contributed by atoms with Gasteiger partial charge in [0.05, 0.1) is 6.42 Å². The van der Waals surface area contributed by atoms with Gasteiger partial charge in [-0.1, -0.05) is 26.0 Å². The van der Waals surface area contributed by atoms with Gasteiger partial charge in [-0.25, -0.2) is 0 Å². The van der Waals surface area contributed by atoms with Crippen molar-refractivity contribution in [1.82, 2.24) is 5.32 Å². The molecule has 0 heterocycles. The highest BCUT2D eigenvalue weighted by atomic mass is 16.5. The number of carbonyl (C=O) groups excluding carboxylic acids is 1. The van der Waals surface area contributed by atoms with E-state index in [0.29, 0.717) is 6.54 Å². The minimum absolute atomic E-state index is 0.0384. The van der Waals surface area contributed by atoms with Gasteiger partial charge in [0.1, 0.15) is 11.4 Å². The van der Waals surface area contributed by atoms with Crippen LogP contribution in [0.5, 0.6) is 5.75 Å². The number of carboxylic acid groups (broad SMARTS) is 1. The zero-order chi connectivity index (χ0) is 18.5. The van der Waals surface area contributed by atoms with E-state index in [1.807, 2.05) is 45.9 Å². The molecule has 1 amide bonds. The minimum atomic E-state index is -0.896. The molecule has 0 unspecified atom stereocenters. The van der Waals surface area contributed by atoms with Crippen LogP contribution in [0.3, 0.4) is 0 Å². The van der Waals surface area contributed by atoms with Crippen molar-refractivity contribution in [2.45, 2.75) is 66.5 Å². The van der Waals surface area contributed by atoms with Crippen LogP contribution in [0.15, 0.2) is 18.2 Å². The number of nitrogens with one attached hydrogen (secondary N) is 1. The number of hydrogen-bond donors (Lipinski definition) is 2. The Labute approximate surface area is 144 Å². The molecule has 1 aromatic carbocycles. The molecule has 5 nitrogen and oxygen atoms in total. The summed E-state index contributed by atoms with van der Waals surface area (Å²) in [7, 11) is 0. The van der Waals surface area contributed by atoms with Crippen molar-refractivity contribution in [3.8, 4) is 5.75 Å². The number of benzene rings is 1. The van der Waals surface area contributed by atoms with Crippen LogP contribution in [0.25, 0.3) is 0 Å². The predicted octanol–water partition coefficient (Wildman–Crippen LogP) is 3.68. The molecule has 1 rings (SSSR count). The lowest BCUT2D eigenvalue weighted by atomic mass is 9.85. The van der Waals surface area contributed by atoms with Crippen LogP contribution in [0, 0.1) is 12.3 Å². The van der Waals surface area contributed by atoms with Gasteiger partial charge in [-0.3, -0.25) is 9.59 Å². The maximum atomic E-state index is 12.1. The Morgan fingerprint density at radius 3 is 2.29 bits per heavy atom. The number of rotatable bonds is 7. The van der Waals surface area contributed by atoms with Crippen LogP contribution >= 0.6 is 0 Å². The summed E-state index contributed by atoms with van der Waals surface area (Å²) in [6.45, 7) is 11.8. The van der Waals surface area contributed by atoms with Crippen LogP contribution in [0.1, 0.15) is 58.6 Å². The molecule has 1 aromatic rings. The third kappa shape index (κ3) is 7.49. The monoisotopic (exact) mass is 335 g/mol. The Kier molecular flexibility index (Phi) is 6.41. The van der Waals surface area contributed by atoms with E-state index in [1.165, 1.54) is 0 Å². The number of ether oxygens (including phenoxy) is 1. The summed E-state index contributed by atoms with van der Waals surface area (Å²) >= 11 is 0. The molecule has 0 aliphatic rings. The smallest absolute Gasteiger partial charge is 0.303 e. The van der Waals surface area contributed by atoms with Crippen LogP contribution < -0.4 is 10.1 Å². The third-order valence-electron chi connectivity index (χ3n) is 3.38. The van der Waals surface area contributed by atoms with E-state index in [4.69, 9.17) is 9.84 Å². The summed E-state index contributed by atoms with van der Waals surface area (Å²) in [4.78, 5) is 23.0. The van der Waals surface area contributed by atoms with E-state index < -0.39 is 11.4 Å². The molecule has 134 valence electrons. The molecule has 5 heteroatoms. The Bertz CT molecular complexity index is 600. The fraction of sp³-hybridized carbons (Fsp3) is 0.579. The van der Waals surface area contributed by atoms with Gasteiger partial charge in [0.2, 0.25) is 5.91 Å². The molecule has 24 heavy (non-hydrogen) atoms. The molecule has 0 aliphatic carbocycles. The molecule has 0 spiro atoms. The number of aliphatic carboxylic acids is 1. The van der Waals surface area contributed by atoms with E-state index in [1.54, 1.807) is 13.8 Å². The van der Waals surface area contributed by atoms with E-state index in [-0.39, 0.29) is 24.3 Å². The summed E-state index contributed by atoms with van der Waals surface area (Å²) in [5.74, 6) is -0.302. The Hall–Kier alpha value is -2.04. The van der Waals surface area contributed by atoms with Gasteiger partial charge in [0.25, 0.3) is 0 Å². The first-order valence-corrected chi connectivity index (χ1v) is 8.15. The van der Waals surface area contributed by atoms with Crippen molar-refractivity contribution in [2.75, 3.05) is 0 Å². The van der Waals surface area contributed by atoms with E-state index in [2.05, 4.69) is 5.32 Å². The summed E-state index contributed by atoms with van der Waals surface area (Å²) < 4.78 is 5.97. The second kappa shape index (κ2) is 7.69. The average molecular weight is 335 g/mol. The Morgan fingerprint density at radius 1 is 1.12 bits per heavy atom. The van der Waals surface area contributed by atoms with Gasteiger partial charge in [-0.15, -0.1) is 0 Å². The SMILES string of the molecule is Cc1ccc(CNC(=O)CC(C)(C)CC(=O)O)c(OC(C)(C)C)c1. The summed E-state index contributed by atoms with van der Waals surface area (Å²) in [6, 6.07) is 5.88. The largest absolute Gasteiger partial charge is 0.488 e. The number of hydrogen-bond acceptors (Lipinski definition) is 3. The van der Waals surface area contributed by atoms with Crippen molar-refractivity contribution in [3.05, 3.63) is 29.3 Å². The summed E-state index contributed by atoms with van der Waals surface area (Å²) in [5.41, 5.74) is 1.09. The van der Waals surface area contributed by atoms with Crippen molar-refractivity contribution < 1.29 is 19.4 Å². The maximum absolute atomic E-state index is 12.1. The first-order valence-electron chi connectivity index (χ1n) is 8.15. The Morgan fingerprint density at radius 2 is 1.75 bits per heavy atom. The van der Waals surface area contributed by atoms with E-state index >= 15 is 0 Å². The van der Waals surface area contributed by atoms with Crippen molar-refractivity contribution in [3.63, 3.8) is 0 Å². The van der Waals surface area contributed by atoms with Gasteiger partial charge < -0.3 is 15.2 Å². The highest BCUT2D eigenvalue weighted by Crippen LogP contribution is 2.26. The van der Waals surface area contributed by atoms with Crippen LogP contribution in [-0.4, -0.2) is 22.6 Å². The summed E-state index contributed by atoms with van der Waals surface area (Å²) in [5, 5.41) is 11.8. The normalized spacial score (nSPS) is 11.9. The molecule has 0 bridgehead atoms. The standard InChI is InChI=1S/C19H29NO4/c1-13-7-8-14(15(9-13)24-18(2,3)4)12-20-16(21)10-19(5,6)11-17(22)23/h7-9H,10-12H2,1-6H3,(H,20,21)(H,22,23). The Balaban J connectivity index is 2.73. The fourth-order valence-electron chi connectivity index (χ4n) is 2.40. The summed E-state index contributed by atoms with van der Waals surface area (Å²) in [6.07, 6.45) is 0.129. The van der Waals surface area contributed by atoms with E-state index in [9.17, 15) is 9.59 Å². The lowest BCUT2D eigenvalue weighted by Crippen LogP contribution is -2.30. The van der Waals surface area contributed by atoms with Crippen molar-refractivity contribution >= 4 is 11.9 Å². The van der Waals surface area contributed by atoms with Gasteiger partial charge in [0, 0.05) is 18.5 Å². The third-order valence-corrected chi connectivity index (χ3v) is 3.38. The number of carbonyl (C=O) groups is 2. The molecule has 2 N–H and O–H groups in total. The minimum Gasteiger partial charge on any atom is -0.488 e. The number of aryl methyl sites for hydroxylation is 1. The fourth-order valence-corrected chi connectivity index (χ4v) is 2.40. The van der Waals surface area contributed by atoms with E-state index in [0.717, 1.165) is 16.9 Å². The van der Waals surface area contributed by atoms with Crippen LogP contribution in [0.2, 0.25) is 0 Å². The molecule has 0 aromatic heterocycles. The maximum Gasteiger partial charge on any atom is 0.303 e. The molecule has 0 radical (unpaired) electrons. The van der Waals surface area contributed by atoms with Gasteiger partial charge in [-0.2, -0.15) is 0 Å². The second-order valence-corrected chi connectivity index (χ2v) is 8.01. The van der Waals surface area contributed by atoms with Gasteiger partial charge in [0.15, 0.2) is 0 Å². The number of amides is 1. The molecular formula is C19H29NO4. The molecule has 0 saturated heterocycles. The van der Waals surface area contributed by atoms with Crippen molar-refractivity contribution in [2.24, 2.45) is 5.41 Å². The molecule has 0 saturated carbocycles. The first-order chi connectivity index (χ1) is 10.9. The zero-order valence-corrected chi connectivity index (χ0v) is 15.5. The van der Waals surface area contributed by atoms with Crippen LogP contribution in [0.4, 0.5) is 0 Å².